The third kappa shape index (κ3) is 6.17. The number of hydrogen-bond acceptors (Lipinski definition) is 4. The molecule has 3 aromatic rings. The molecule has 1 aliphatic rings. The largest absolute Gasteiger partial charge is 0.391 e. The molecular weight excluding hydrogens is 407 g/mol. The molecule has 1 fully saturated rings. The van der Waals surface area contributed by atoms with Gasteiger partial charge < -0.3 is 5.11 Å². The van der Waals surface area contributed by atoms with Crippen molar-refractivity contribution in [3.8, 4) is 0 Å². The highest BCUT2D eigenvalue weighted by atomic mass is 32.2. The van der Waals surface area contributed by atoms with Crippen LogP contribution in [0.25, 0.3) is 0 Å². The quantitative estimate of drug-likeness (QED) is 0.519. The summed E-state index contributed by atoms with van der Waals surface area (Å²) in [4.78, 5) is 5.87. The summed E-state index contributed by atoms with van der Waals surface area (Å²) in [5.41, 5.74) is 2.63. The van der Waals surface area contributed by atoms with Crippen molar-refractivity contribution in [3.63, 3.8) is 0 Å². The summed E-state index contributed by atoms with van der Waals surface area (Å²) in [7, 11) is 0. The molecule has 1 unspecified atom stereocenters. The fourth-order valence-corrected chi connectivity index (χ4v) is 4.98. The van der Waals surface area contributed by atoms with Gasteiger partial charge in [-0.3, -0.25) is 9.80 Å². The van der Waals surface area contributed by atoms with Crippen LogP contribution in [0.3, 0.4) is 0 Å². The van der Waals surface area contributed by atoms with Crippen LogP contribution in [0.5, 0.6) is 0 Å². The Balaban J connectivity index is 1.32. The molecule has 0 saturated carbocycles. The van der Waals surface area contributed by atoms with Crippen molar-refractivity contribution in [2.75, 3.05) is 38.5 Å². The molecule has 0 aliphatic carbocycles. The molecule has 4 rings (SSSR count). The monoisotopic (exact) mass is 436 g/mol. The van der Waals surface area contributed by atoms with E-state index < -0.39 is 6.10 Å². The molecule has 1 N–H and O–H groups in total. The highest BCUT2D eigenvalue weighted by Gasteiger charge is 2.27. The summed E-state index contributed by atoms with van der Waals surface area (Å²) in [6, 6.07) is 28.1. The number of nitrogens with zero attached hydrogens (tertiary/aromatic N) is 2. The summed E-state index contributed by atoms with van der Waals surface area (Å²) in [5.74, 6) is 0.384. The second-order valence-corrected chi connectivity index (χ2v) is 9.07. The third-order valence-corrected chi connectivity index (χ3v) is 6.88. The Hall–Kier alpha value is -2.18. The second-order valence-electron chi connectivity index (χ2n) is 7.98. The first-order chi connectivity index (χ1) is 15.2. The van der Waals surface area contributed by atoms with Gasteiger partial charge in [-0.25, -0.2) is 4.39 Å². The molecule has 5 heteroatoms. The van der Waals surface area contributed by atoms with Gasteiger partial charge in [-0.05, 0) is 35.4 Å². The minimum absolute atomic E-state index is 0.230. The molecule has 1 heterocycles. The predicted octanol–water partition coefficient (Wildman–Crippen LogP) is 4.69. The van der Waals surface area contributed by atoms with E-state index in [-0.39, 0.29) is 11.9 Å². The van der Waals surface area contributed by atoms with Crippen LogP contribution in [0.2, 0.25) is 0 Å². The number of benzene rings is 3. The van der Waals surface area contributed by atoms with E-state index in [0.29, 0.717) is 12.3 Å². The van der Waals surface area contributed by atoms with Crippen molar-refractivity contribution in [2.45, 2.75) is 17.0 Å². The van der Waals surface area contributed by atoms with Gasteiger partial charge in [0.05, 0.1) is 12.1 Å². The van der Waals surface area contributed by atoms with E-state index in [1.165, 1.54) is 23.3 Å². The molecule has 1 saturated heterocycles. The first-order valence-corrected chi connectivity index (χ1v) is 11.8. The fourth-order valence-electron chi connectivity index (χ4n) is 4.16. The van der Waals surface area contributed by atoms with Crippen molar-refractivity contribution in [1.29, 1.82) is 0 Å². The first-order valence-electron chi connectivity index (χ1n) is 10.8. The molecule has 3 nitrogen and oxygen atoms in total. The molecule has 0 spiro atoms. The van der Waals surface area contributed by atoms with E-state index in [1.54, 1.807) is 23.9 Å². The number of halogens is 1. The lowest BCUT2D eigenvalue weighted by Crippen LogP contribution is -2.49. The van der Waals surface area contributed by atoms with Gasteiger partial charge in [-0.15, -0.1) is 11.8 Å². The van der Waals surface area contributed by atoms with Gasteiger partial charge in [0.15, 0.2) is 0 Å². The molecule has 0 bridgehead atoms. The van der Waals surface area contributed by atoms with Crippen LogP contribution in [0, 0.1) is 5.82 Å². The average Bonchev–Trinajstić information content (AvgIpc) is 2.81. The van der Waals surface area contributed by atoms with Gasteiger partial charge >= 0.3 is 0 Å². The summed E-state index contributed by atoms with van der Waals surface area (Å²) in [5, 5.41) is 10.5. The van der Waals surface area contributed by atoms with Gasteiger partial charge in [-0.2, -0.15) is 0 Å². The number of thioether (sulfide) groups is 1. The maximum Gasteiger partial charge on any atom is 0.123 e. The van der Waals surface area contributed by atoms with Crippen molar-refractivity contribution in [2.24, 2.45) is 0 Å². The predicted molar refractivity (Wildman–Crippen MR) is 126 cm³/mol. The molecule has 3 aromatic carbocycles. The van der Waals surface area contributed by atoms with Crippen LogP contribution in [0.1, 0.15) is 17.2 Å². The Bertz CT molecular complexity index is 876. The Labute approximate surface area is 188 Å². The molecule has 162 valence electrons. The maximum atomic E-state index is 13.0. The minimum Gasteiger partial charge on any atom is -0.391 e. The van der Waals surface area contributed by atoms with Gasteiger partial charge in [0.1, 0.15) is 5.82 Å². The number of aliphatic hydroxyl groups excluding tert-OH is 1. The molecular formula is C26H29FN2OS. The lowest BCUT2D eigenvalue weighted by atomic mass is 9.96. The number of β-amino-alcohol motifs (C(OH)–C–C–N with tert-alkyl or cyclic N) is 1. The van der Waals surface area contributed by atoms with E-state index in [9.17, 15) is 9.50 Å². The Morgan fingerprint density at radius 1 is 0.774 bits per heavy atom. The van der Waals surface area contributed by atoms with Crippen LogP contribution in [0.4, 0.5) is 4.39 Å². The number of aliphatic hydroxyl groups is 1. The smallest absolute Gasteiger partial charge is 0.123 e. The van der Waals surface area contributed by atoms with Gasteiger partial charge in [0.25, 0.3) is 0 Å². The Morgan fingerprint density at radius 3 is 1.87 bits per heavy atom. The third-order valence-electron chi connectivity index (χ3n) is 5.73. The lowest BCUT2D eigenvalue weighted by Gasteiger charge is -2.40. The van der Waals surface area contributed by atoms with Crippen LogP contribution in [-0.2, 0) is 0 Å². The average molecular weight is 437 g/mol. The SMILES string of the molecule is OC(CSc1ccc(F)cc1)CN1CCN(C(c2ccccc2)c2ccccc2)CC1. The van der Waals surface area contributed by atoms with Crippen LogP contribution in [-0.4, -0.2) is 59.5 Å². The van der Waals surface area contributed by atoms with Crippen molar-refractivity contribution in [1.82, 2.24) is 9.80 Å². The first kappa shape index (κ1) is 22.0. The summed E-state index contributed by atoms with van der Waals surface area (Å²) in [6.45, 7) is 4.48. The maximum absolute atomic E-state index is 13.0. The molecule has 0 radical (unpaired) electrons. The fraction of sp³-hybridized carbons (Fsp3) is 0.308. The van der Waals surface area contributed by atoms with Crippen LogP contribution >= 0.6 is 11.8 Å². The molecule has 0 aromatic heterocycles. The molecule has 1 aliphatic heterocycles. The van der Waals surface area contributed by atoms with E-state index in [0.717, 1.165) is 31.1 Å². The van der Waals surface area contributed by atoms with E-state index in [4.69, 9.17) is 0 Å². The van der Waals surface area contributed by atoms with Crippen molar-refractivity contribution >= 4 is 11.8 Å². The zero-order chi connectivity index (χ0) is 21.5. The summed E-state index contributed by atoms with van der Waals surface area (Å²) >= 11 is 1.57. The highest BCUT2D eigenvalue weighted by Crippen LogP contribution is 2.29. The number of hydrogen-bond donors (Lipinski definition) is 1. The van der Waals surface area contributed by atoms with Crippen LogP contribution < -0.4 is 0 Å². The van der Waals surface area contributed by atoms with E-state index >= 15 is 0 Å². The van der Waals surface area contributed by atoms with Gasteiger partial charge in [-0.1, -0.05) is 60.7 Å². The standard InChI is InChI=1S/C26H29FN2OS/c27-23-11-13-25(14-12-23)31-20-24(30)19-28-15-17-29(18-16-28)26(21-7-3-1-4-8-21)22-9-5-2-6-10-22/h1-14,24,26,30H,15-20H2. The minimum atomic E-state index is -0.402. The van der Waals surface area contributed by atoms with Gasteiger partial charge in [0.2, 0.25) is 0 Å². The van der Waals surface area contributed by atoms with Gasteiger partial charge in [0, 0.05) is 43.4 Å². The Kier molecular flexibility index (Phi) is 7.76. The highest BCUT2D eigenvalue weighted by molar-refractivity contribution is 7.99. The van der Waals surface area contributed by atoms with E-state index in [2.05, 4.69) is 70.5 Å². The lowest BCUT2D eigenvalue weighted by molar-refractivity contribution is 0.0708. The zero-order valence-electron chi connectivity index (χ0n) is 17.6. The topological polar surface area (TPSA) is 26.7 Å². The molecule has 31 heavy (non-hydrogen) atoms. The summed E-state index contributed by atoms with van der Waals surface area (Å²) < 4.78 is 13.0. The van der Waals surface area contributed by atoms with E-state index in [1.807, 2.05) is 0 Å². The second kappa shape index (κ2) is 10.9. The van der Waals surface area contributed by atoms with Crippen LogP contribution in [0.15, 0.2) is 89.8 Å². The van der Waals surface area contributed by atoms with Crippen molar-refractivity contribution < 1.29 is 9.50 Å². The normalized spacial score (nSPS) is 16.5. The summed E-state index contributed by atoms with van der Waals surface area (Å²) in [6.07, 6.45) is -0.402. The van der Waals surface area contributed by atoms with Crippen molar-refractivity contribution in [3.05, 3.63) is 102 Å². The Morgan fingerprint density at radius 2 is 1.32 bits per heavy atom. The number of piperazine rings is 1. The molecule has 0 amide bonds. The zero-order valence-corrected chi connectivity index (χ0v) is 18.4. The number of rotatable bonds is 8. The molecule has 1 atom stereocenters.